The molecule has 0 spiro atoms. The first kappa shape index (κ1) is 26.7. The lowest BCUT2D eigenvalue weighted by atomic mass is 9.95. The Morgan fingerprint density at radius 1 is 1.28 bits per heavy atom. The second kappa shape index (κ2) is 8.99. The quantitative estimate of drug-likeness (QED) is 0.163. The van der Waals surface area contributed by atoms with E-state index in [0.29, 0.717) is 6.20 Å². The number of halogens is 1. The topological polar surface area (TPSA) is 257 Å². The summed E-state index contributed by atoms with van der Waals surface area (Å²) in [6, 6.07) is 0. The molecule has 0 saturated carbocycles. The van der Waals surface area contributed by atoms with Crippen molar-refractivity contribution in [3.63, 3.8) is 0 Å². The number of terminal acetylenes is 1. The van der Waals surface area contributed by atoms with Crippen LogP contribution in [0.5, 0.6) is 0 Å². The highest BCUT2D eigenvalue weighted by Gasteiger charge is 2.60. The van der Waals surface area contributed by atoms with Gasteiger partial charge < -0.3 is 29.4 Å². The fourth-order valence-corrected chi connectivity index (χ4v) is 5.77. The molecule has 0 aliphatic carbocycles. The number of alkyl halides is 1. The van der Waals surface area contributed by atoms with Gasteiger partial charge in [-0.3, -0.25) is 14.3 Å². The molecule has 3 unspecified atom stereocenters. The van der Waals surface area contributed by atoms with Crippen LogP contribution in [-0.2, 0) is 31.6 Å². The number of nitrogens with one attached hydrogen (secondary N) is 1. The third kappa shape index (κ3) is 6.06. The van der Waals surface area contributed by atoms with E-state index in [9.17, 15) is 33.3 Å². The molecule has 0 amide bonds. The summed E-state index contributed by atoms with van der Waals surface area (Å²) in [5.41, 5.74) is -5.42. The zero-order valence-electron chi connectivity index (χ0n) is 15.5. The van der Waals surface area contributed by atoms with Gasteiger partial charge in [-0.05, 0) is 6.92 Å². The minimum Gasteiger partial charge on any atom is -0.386 e. The number of nitrogens with zero attached hydrogens (tertiary/aromatic N) is 2. The van der Waals surface area contributed by atoms with E-state index in [4.69, 9.17) is 25.8 Å². The molecule has 0 bridgehead atoms. The molecule has 32 heavy (non-hydrogen) atoms. The lowest BCUT2D eigenvalue weighted by molar-refractivity contribution is -0.0828. The summed E-state index contributed by atoms with van der Waals surface area (Å²) in [5.74, 6) is 1.55. The number of hydrogen-bond acceptors (Lipinski definition) is 11. The largest absolute Gasteiger partial charge is 0.490 e. The SMILES string of the molecule is C#CC1(F)[C@@H](O)[C@@H]([C@H](C)OP(=O)(O)OP(=O)(O)OP(=O)(O)O)O[C@H]1n1ncc(=O)[nH]c1=O. The van der Waals surface area contributed by atoms with Crippen LogP contribution in [-0.4, -0.2) is 63.4 Å². The number of H-pyrrole nitrogens is 1. The molecule has 6 N–H and O–H groups in total. The average Bonchev–Trinajstić information content (AvgIpc) is 2.84. The highest BCUT2D eigenvalue weighted by molar-refractivity contribution is 7.66. The number of rotatable bonds is 8. The second-order valence-electron chi connectivity index (χ2n) is 6.10. The number of phosphoric acid groups is 3. The molecular formula is C11H15FN3O14P3. The number of hydrogen-bond donors (Lipinski definition) is 6. The van der Waals surface area contributed by atoms with Crippen molar-refractivity contribution < 1.29 is 60.6 Å². The Balaban J connectivity index is 2.28. The maximum absolute atomic E-state index is 15.3. The van der Waals surface area contributed by atoms with Gasteiger partial charge in [0.15, 0.2) is 0 Å². The fraction of sp³-hybridized carbons (Fsp3) is 0.545. The van der Waals surface area contributed by atoms with Crippen LogP contribution >= 0.6 is 23.5 Å². The predicted octanol–water partition coefficient (Wildman–Crippen LogP) is -1.74. The molecule has 1 aromatic rings. The van der Waals surface area contributed by atoms with E-state index in [1.165, 1.54) is 0 Å². The Bertz CT molecular complexity index is 1170. The molecule has 1 aromatic heterocycles. The van der Waals surface area contributed by atoms with Crippen molar-refractivity contribution in [2.45, 2.75) is 37.1 Å². The Morgan fingerprint density at radius 3 is 2.38 bits per heavy atom. The number of aliphatic hydroxyl groups excluding tert-OH is 1. The summed E-state index contributed by atoms with van der Waals surface area (Å²) in [6.07, 6.45) is -2.67. The Morgan fingerprint density at radius 2 is 1.88 bits per heavy atom. The number of phosphoric ester groups is 1. The summed E-state index contributed by atoms with van der Waals surface area (Å²) < 4.78 is 66.1. The van der Waals surface area contributed by atoms with Crippen LogP contribution < -0.4 is 11.2 Å². The van der Waals surface area contributed by atoms with Gasteiger partial charge >= 0.3 is 29.2 Å². The van der Waals surface area contributed by atoms with E-state index in [-0.39, 0.29) is 4.68 Å². The lowest BCUT2D eigenvalue weighted by Gasteiger charge is -2.25. The van der Waals surface area contributed by atoms with Gasteiger partial charge in [-0.1, -0.05) is 5.92 Å². The number of aliphatic hydroxyl groups is 1. The first-order chi connectivity index (χ1) is 14.4. The van der Waals surface area contributed by atoms with Gasteiger partial charge in [0.25, 0.3) is 5.56 Å². The fourth-order valence-electron chi connectivity index (χ4n) is 2.57. The highest BCUT2D eigenvalue weighted by atomic mass is 31.3. The third-order valence-corrected chi connectivity index (χ3v) is 7.67. The lowest BCUT2D eigenvalue weighted by Crippen LogP contribution is -2.46. The molecule has 0 radical (unpaired) electrons. The molecule has 180 valence electrons. The third-order valence-electron chi connectivity index (χ3n) is 3.75. The van der Waals surface area contributed by atoms with E-state index < -0.39 is 64.9 Å². The molecule has 21 heteroatoms. The summed E-state index contributed by atoms with van der Waals surface area (Å²) in [5, 5.41) is 13.6. The van der Waals surface area contributed by atoms with Crippen LogP contribution in [0.25, 0.3) is 0 Å². The second-order valence-corrected chi connectivity index (χ2v) is 10.5. The van der Waals surface area contributed by atoms with Gasteiger partial charge in [-0.25, -0.2) is 22.9 Å². The minimum absolute atomic E-state index is 0.238. The normalized spacial score (nSPS) is 30.8. The van der Waals surface area contributed by atoms with Crippen LogP contribution in [0.4, 0.5) is 4.39 Å². The Kier molecular flexibility index (Phi) is 7.50. The van der Waals surface area contributed by atoms with Gasteiger partial charge in [0.05, 0.1) is 6.10 Å². The van der Waals surface area contributed by atoms with Gasteiger partial charge in [0.2, 0.25) is 11.9 Å². The maximum Gasteiger partial charge on any atom is 0.490 e. The van der Waals surface area contributed by atoms with Crippen molar-refractivity contribution in [2.24, 2.45) is 0 Å². The smallest absolute Gasteiger partial charge is 0.386 e. The molecule has 0 aromatic carbocycles. The molecule has 2 heterocycles. The van der Waals surface area contributed by atoms with Crippen molar-refractivity contribution in [2.75, 3.05) is 0 Å². The molecule has 2 rings (SSSR count). The minimum atomic E-state index is -5.84. The predicted molar refractivity (Wildman–Crippen MR) is 96.1 cm³/mol. The summed E-state index contributed by atoms with van der Waals surface area (Å²) >= 11 is 0. The summed E-state index contributed by atoms with van der Waals surface area (Å²) in [6.45, 7) is 0.884. The number of ether oxygens (including phenoxy) is 1. The van der Waals surface area contributed by atoms with E-state index in [0.717, 1.165) is 6.92 Å². The van der Waals surface area contributed by atoms with Crippen LogP contribution in [0.15, 0.2) is 15.8 Å². The van der Waals surface area contributed by atoms with Gasteiger partial charge in [0, 0.05) is 0 Å². The Labute approximate surface area is 176 Å². The summed E-state index contributed by atoms with van der Waals surface area (Å²) in [7, 11) is -17.1. The van der Waals surface area contributed by atoms with Gasteiger partial charge in [-0.2, -0.15) is 18.4 Å². The molecule has 7 atom stereocenters. The molecule has 17 nitrogen and oxygen atoms in total. The number of aromatic nitrogens is 3. The van der Waals surface area contributed by atoms with Crippen LogP contribution in [0.1, 0.15) is 13.2 Å². The standard InChI is InChI=1S/C11H15FN3O14P3/c1-3-11(12)8(17)7(26-9(11)15-10(18)14-6(16)4-13-15)5(2)27-31(22,23)29-32(24,25)28-30(19,20)21/h1,4-5,7-9,17H,2H3,(H,22,23)(H,24,25)(H,14,16,18)(H2,19,20,21)/t5-,7+,8-,9+,11?/m0/s1. The van der Waals surface area contributed by atoms with E-state index in [1.54, 1.807) is 10.9 Å². The van der Waals surface area contributed by atoms with Crippen LogP contribution in [0, 0.1) is 12.3 Å². The molecular weight excluding hydrogens is 510 g/mol. The molecule has 1 aliphatic rings. The van der Waals surface area contributed by atoms with Crippen molar-refractivity contribution in [1.82, 2.24) is 14.8 Å². The number of aromatic amines is 1. The van der Waals surface area contributed by atoms with Crippen LogP contribution in [0.3, 0.4) is 0 Å². The van der Waals surface area contributed by atoms with E-state index in [2.05, 4.69) is 18.2 Å². The zero-order chi connectivity index (χ0) is 24.7. The highest BCUT2D eigenvalue weighted by Crippen LogP contribution is 2.66. The first-order valence-corrected chi connectivity index (χ1v) is 12.4. The summed E-state index contributed by atoms with van der Waals surface area (Å²) in [4.78, 5) is 60.5. The molecule has 1 fully saturated rings. The van der Waals surface area contributed by atoms with E-state index >= 15 is 4.39 Å². The maximum atomic E-state index is 15.3. The van der Waals surface area contributed by atoms with Crippen molar-refractivity contribution in [3.05, 3.63) is 27.0 Å². The molecule has 1 saturated heterocycles. The molecule has 1 aliphatic heterocycles. The Hall–Kier alpha value is -1.57. The van der Waals surface area contributed by atoms with Gasteiger partial charge in [-0.15, -0.1) is 6.42 Å². The van der Waals surface area contributed by atoms with Gasteiger partial charge in [0.1, 0.15) is 18.4 Å². The first-order valence-electron chi connectivity index (χ1n) is 7.91. The van der Waals surface area contributed by atoms with Crippen molar-refractivity contribution in [1.29, 1.82) is 0 Å². The van der Waals surface area contributed by atoms with Crippen LogP contribution in [0.2, 0.25) is 0 Å². The monoisotopic (exact) mass is 525 g/mol. The van der Waals surface area contributed by atoms with E-state index in [1.807, 2.05) is 0 Å². The average molecular weight is 525 g/mol. The zero-order valence-corrected chi connectivity index (χ0v) is 18.2. The van der Waals surface area contributed by atoms with Crippen molar-refractivity contribution >= 4 is 23.5 Å². The van der Waals surface area contributed by atoms with Crippen molar-refractivity contribution in [3.8, 4) is 12.3 Å².